The molecular formula is C8H15N3O3. The predicted molar refractivity (Wildman–Crippen MR) is 52.1 cm³/mol. The van der Waals surface area contributed by atoms with E-state index >= 15 is 0 Å². The first-order valence-corrected chi connectivity index (χ1v) is 4.51. The Balaban J connectivity index is 2.62. The van der Waals surface area contributed by atoms with Crippen molar-refractivity contribution >= 4 is 12.0 Å². The minimum Gasteiger partial charge on any atom is -0.468 e. The van der Waals surface area contributed by atoms with Crippen LogP contribution in [0, 0.1) is 0 Å². The van der Waals surface area contributed by atoms with Crippen molar-refractivity contribution in [2.24, 2.45) is 9.98 Å². The van der Waals surface area contributed by atoms with E-state index in [1.165, 1.54) is 7.11 Å². The van der Waals surface area contributed by atoms with Crippen molar-refractivity contribution in [3.63, 3.8) is 0 Å². The molecule has 6 nitrogen and oxygen atoms in total. The minimum absolute atomic E-state index is 0.349. The molecule has 0 aromatic heterocycles. The highest BCUT2D eigenvalue weighted by atomic mass is 16.5. The van der Waals surface area contributed by atoms with Gasteiger partial charge in [-0.15, -0.1) is 0 Å². The number of ether oxygens (including phenoxy) is 3. The molecule has 0 saturated heterocycles. The molecule has 1 aliphatic rings. The molecule has 0 amide bonds. The maximum absolute atomic E-state index is 5.22. The van der Waals surface area contributed by atoms with Crippen molar-refractivity contribution in [3.05, 3.63) is 0 Å². The topological polar surface area (TPSA) is 64.4 Å². The summed E-state index contributed by atoms with van der Waals surface area (Å²) in [7, 11) is 1.52. The molecule has 0 spiro atoms. The van der Waals surface area contributed by atoms with Gasteiger partial charge in [-0.25, -0.2) is 0 Å². The van der Waals surface area contributed by atoms with Crippen molar-refractivity contribution in [1.82, 2.24) is 5.32 Å². The molecule has 1 rings (SSSR count). The summed E-state index contributed by atoms with van der Waals surface area (Å²) >= 11 is 0. The van der Waals surface area contributed by atoms with E-state index in [9.17, 15) is 0 Å². The normalized spacial score (nSPS) is 20.6. The van der Waals surface area contributed by atoms with Gasteiger partial charge in [0.15, 0.2) is 0 Å². The zero-order valence-corrected chi connectivity index (χ0v) is 8.61. The number of hydrogen-bond donors (Lipinski definition) is 1. The molecule has 0 bridgehead atoms. The highest BCUT2D eigenvalue weighted by Crippen LogP contribution is 2.02. The molecule has 1 aliphatic heterocycles. The largest absolute Gasteiger partial charge is 0.468 e. The summed E-state index contributed by atoms with van der Waals surface area (Å²) in [4.78, 5) is 8.07. The monoisotopic (exact) mass is 201 g/mol. The summed E-state index contributed by atoms with van der Waals surface area (Å²) in [6, 6.07) is 0.722. The lowest BCUT2D eigenvalue weighted by Crippen LogP contribution is -2.39. The summed E-state index contributed by atoms with van der Waals surface area (Å²) in [5.74, 6) is 0. The van der Waals surface area contributed by atoms with Crippen LogP contribution in [0.2, 0.25) is 0 Å². The number of amidine groups is 2. The average molecular weight is 201 g/mol. The van der Waals surface area contributed by atoms with Crippen LogP contribution in [0.3, 0.4) is 0 Å². The second-order valence-corrected chi connectivity index (χ2v) is 2.41. The maximum Gasteiger partial charge on any atom is 0.297 e. The molecular weight excluding hydrogens is 186 g/mol. The second kappa shape index (κ2) is 5.43. The van der Waals surface area contributed by atoms with Crippen LogP contribution in [-0.4, -0.2) is 38.7 Å². The molecule has 0 radical (unpaired) electrons. The number of hydrogen-bond acceptors (Lipinski definition) is 6. The van der Waals surface area contributed by atoms with Crippen LogP contribution >= 0.6 is 0 Å². The standard InChI is InChI=1S/C8H15N3O3/c1-4-13-7-9-6(12-3)10-8(11-7)14-5-2/h7H,4-5H2,1-3H3,(H,9,10,11). The van der Waals surface area contributed by atoms with Crippen LogP contribution in [-0.2, 0) is 14.2 Å². The Morgan fingerprint density at radius 3 is 2.50 bits per heavy atom. The van der Waals surface area contributed by atoms with E-state index < -0.39 is 6.35 Å². The molecule has 0 aliphatic carbocycles. The molecule has 1 unspecified atom stereocenters. The lowest BCUT2D eigenvalue weighted by atomic mass is 10.7. The number of rotatable bonds is 3. The van der Waals surface area contributed by atoms with Crippen LogP contribution in [0.25, 0.3) is 0 Å². The van der Waals surface area contributed by atoms with Crippen LogP contribution in [0.15, 0.2) is 9.98 Å². The summed E-state index contributed by atoms with van der Waals surface area (Å²) in [6.45, 7) is 4.81. The van der Waals surface area contributed by atoms with Gasteiger partial charge < -0.3 is 14.2 Å². The van der Waals surface area contributed by atoms with E-state index in [1.54, 1.807) is 0 Å². The molecule has 1 atom stereocenters. The third kappa shape index (κ3) is 2.88. The Kier molecular flexibility index (Phi) is 4.18. The summed E-state index contributed by atoms with van der Waals surface area (Å²) in [6.07, 6.45) is -0.572. The summed E-state index contributed by atoms with van der Waals surface area (Å²) < 4.78 is 15.3. The van der Waals surface area contributed by atoms with Crippen molar-refractivity contribution in [2.75, 3.05) is 20.3 Å². The van der Waals surface area contributed by atoms with Gasteiger partial charge >= 0.3 is 0 Å². The molecule has 1 heterocycles. The van der Waals surface area contributed by atoms with Gasteiger partial charge in [-0.1, -0.05) is 0 Å². The molecule has 0 aromatic carbocycles. The van der Waals surface area contributed by atoms with E-state index in [0.29, 0.717) is 25.3 Å². The van der Waals surface area contributed by atoms with E-state index in [0.717, 1.165) is 0 Å². The Morgan fingerprint density at radius 2 is 1.93 bits per heavy atom. The molecule has 0 aromatic rings. The first-order valence-electron chi connectivity index (χ1n) is 4.51. The van der Waals surface area contributed by atoms with Crippen LogP contribution < -0.4 is 5.32 Å². The first kappa shape index (κ1) is 10.8. The van der Waals surface area contributed by atoms with E-state index in [1.807, 2.05) is 13.8 Å². The van der Waals surface area contributed by atoms with E-state index in [4.69, 9.17) is 14.2 Å². The molecule has 0 fully saturated rings. The predicted octanol–water partition coefficient (Wildman–Crippen LogP) is 0.305. The maximum atomic E-state index is 5.22. The molecule has 6 heteroatoms. The minimum atomic E-state index is -0.572. The van der Waals surface area contributed by atoms with Gasteiger partial charge in [-0.05, 0) is 13.8 Å². The molecule has 0 saturated carbocycles. The van der Waals surface area contributed by atoms with Gasteiger partial charge in [0.25, 0.3) is 18.4 Å². The zero-order chi connectivity index (χ0) is 10.4. The van der Waals surface area contributed by atoms with Crippen LogP contribution in [0.1, 0.15) is 13.8 Å². The second-order valence-electron chi connectivity index (χ2n) is 2.41. The average Bonchev–Trinajstić information content (AvgIpc) is 2.18. The summed E-state index contributed by atoms with van der Waals surface area (Å²) in [5, 5.41) is 2.77. The Hall–Kier alpha value is -1.30. The van der Waals surface area contributed by atoms with Crippen LogP contribution in [0.5, 0.6) is 0 Å². The van der Waals surface area contributed by atoms with Crippen LogP contribution in [0.4, 0.5) is 0 Å². The van der Waals surface area contributed by atoms with Gasteiger partial charge in [0, 0.05) is 6.61 Å². The zero-order valence-electron chi connectivity index (χ0n) is 8.61. The fourth-order valence-electron chi connectivity index (χ4n) is 0.923. The molecule has 14 heavy (non-hydrogen) atoms. The lowest BCUT2D eigenvalue weighted by Gasteiger charge is -2.19. The number of nitrogens with one attached hydrogen (secondary N) is 1. The van der Waals surface area contributed by atoms with E-state index in [-0.39, 0.29) is 0 Å². The van der Waals surface area contributed by atoms with Crippen molar-refractivity contribution in [2.45, 2.75) is 20.2 Å². The number of methoxy groups -OCH3 is 1. The van der Waals surface area contributed by atoms with Crippen molar-refractivity contribution in [3.8, 4) is 0 Å². The van der Waals surface area contributed by atoms with Crippen molar-refractivity contribution in [1.29, 1.82) is 0 Å². The molecule has 80 valence electrons. The lowest BCUT2D eigenvalue weighted by molar-refractivity contribution is 0.0689. The Morgan fingerprint density at radius 1 is 1.21 bits per heavy atom. The third-order valence-corrected chi connectivity index (χ3v) is 1.46. The fraction of sp³-hybridized carbons (Fsp3) is 0.750. The first-order chi connectivity index (χ1) is 6.80. The van der Waals surface area contributed by atoms with Gasteiger partial charge in [0.2, 0.25) is 0 Å². The van der Waals surface area contributed by atoms with Gasteiger partial charge in [0.1, 0.15) is 0 Å². The highest BCUT2D eigenvalue weighted by Gasteiger charge is 2.17. The quantitative estimate of drug-likeness (QED) is 0.713. The fourth-order valence-corrected chi connectivity index (χ4v) is 0.923. The third-order valence-electron chi connectivity index (χ3n) is 1.46. The van der Waals surface area contributed by atoms with Gasteiger partial charge in [-0.2, -0.15) is 9.98 Å². The highest BCUT2D eigenvalue weighted by molar-refractivity contribution is 5.94. The van der Waals surface area contributed by atoms with Gasteiger partial charge in [0.05, 0.1) is 13.7 Å². The van der Waals surface area contributed by atoms with E-state index in [2.05, 4.69) is 15.3 Å². The number of nitrogens with zero attached hydrogens (tertiary/aromatic N) is 2. The number of aliphatic imine (C=N–C) groups is 2. The Bertz CT molecular complexity index is 240. The summed E-state index contributed by atoms with van der Waals surface area (Å²) in [5.41, 5.74) is 0. The Labute approximate surface area is 83.0 Å². The smallest absolute Gasteiger partial charge is 0.297 e. The van der Waals surface area contributed by atoms with Crippen molar-refractivity contribution < 1.29 is 14.2 Å². The van der Waals surface area contributed by atoms with Gasteiger partial charge in [-0.3, -0.25) is 5.32 Å². The molecule has 1 N–H and O–H groups in total. The SMILES string of the molecule is CCOC1=NC(OCC)N=C(OC)N1.